The summed E-state index contributed by atoms with van der Waals surface area (Å²) in [5.41, 5.74) is 0.789. The summed E-state index contributed by atoms with van der Waals surface area (Å²) >= 11 is 1.52. The number of carbonyl (C=O) groups excluding carboxylic acids is 1. The van der Waals surface area contributed by atoms with Crippen LogP contribution in [0.25, 0.3) is 0 Å². The maximum Gasteiger partial charge on any atom is 0.322 e. The minimum absolute atomic E-state index is 0.0431. The second-order valence-corrected chi connectivity index (χ2v) is 5.32. The Morgan fingerprint density at radius 3 is 2.89 bits per heavy atom. The van der Waals surface area contributed by atoms with E-state index in [4.69, 9.17) is 5.11 Å². The number of carbonyl (C=O) groups is 2. The zero-order valence-corrected chi connectivity index (χ0v) is 10.9. The minimum atomic E-state index is -0.764. The number of urea groups is 1. The summed E-state index contributed by atoms with van der Waals surface area (Å²) in [5.74, 6) is -1.09. The molecule has 1 aliphatic heterocycles. The van der Waals surface area contributed by atoms with Crippen molar-refractivity contribution in [3.05, 3.63) is 16.8 Å². The molecule has 98 valence electrons. The minimum Gasteiger partial charge on any atom is -0.481 e. The summed E-state index contributed by atoms with van der Waals surface area (Å²) < 4.78 is 0. The Morgan fingerprint density at radius 2 is 2.33 bits per heavy atom. The third-order valence-electron chi connectivity index (χ3n) is 3.26. The molecule has 0 bridgehead atoms. The number of amides is 2. The number of hydrogen-bond acceptors (Lipinski definition) is 3. The molecule has 1 fully saturated rings. The topological polar surface area (TPSA) is 69.6 Å². The highest BCUT2D eigenvalue weighted by molar-refractivity contribution is 7.08. The van der Waals surface area contributed by atoms with Gasteiger partial charge in [0.2, 0.25) is 0 Å². The van der Waals surface area contributed by atoms with Crippen molar-refractivity contribution in [2.24, 2.45) is 5.92 Å². The predicted molar refractivity (Wildman–Crippen MR) is 69.9 cm³/mol. The second kappa shape index (κ2) is 5.39. The average molecular weight is 268 g/mol. The number of carboxylic acids is 1. The summed E-state index contributed by atoms with van der Waals surface area (Å²) in [5, 5.41) is 15.6. The molecule has 18 heavy (non-hydrogen) atoms. The fraction of sp³-hybridized carbons (Fsp3) is 0.500. The van der Waals surface area contributed by atoms with Crippen molar-refractivity contribution in [1.29, 1.82) is 0 Å². The lowest BCUT2D eigenvalue weighted by Gasteiger charge is -2.36. The summed E-state index contributed by atoms with van der Waals surface area (Å²) in [6.45, 7) is 2.39. The molecule has 0 saturated carbocycles. The molecule has 2 unspecified atom stereocenters. The Bertz CT molecular complexity index is 433. The molecule has 1 saturated heterocycles. The standard InChI is InChI=1S/C12H16N2O3S/c1-8-6-9(11(15)16)2-4-14(8)12(17)13-10-3-5-18-7-10/h3,5,7-9H,2,4,6H2,1H3,(H,13,17)(H,15,16). The first-order chi connectivity index (χ1) is 8.58. The van der Waals surface area contributed by atoms with Crippen LogP contribution in [0, 0.1) is 5.92 Å². The lowest BCUT2D eigenvalue weighted by Crippen LogP contribution is -2.47. The number of piperidine rings is 1. The van der Waals surface area contributed by atoms with Gasteiger partial charge < -0.3 is 15.3 Å². The number of rotatable bonds is 2. The fourth-order valence-electron chi connectivity index (χ4n) is 2.23. The molecule has 1 aromatic heterocycles. The second-order valence-electron chi connectivity index (χ2n) is 4.54. The van der Waals surface area contributed by atoms with Crippen LogP contribution in [0.2, 0.25) is 0 Å². The van der Waals surface area contributed by atoms with E-state index in [-0.39, 0.29) is 18.0 Å². The molecule has 6 heteroatoms. The van der Waals surface area contributed by atoms with Gasteiger partial charge in [0.15, 0.2) is 0 Å². The highest BCUT2D eigenvalue weighted by Crippen LogP contribution is 2.24. The summed E-state index contributed by atoms with van der Waals surface area (Å²) in [6.07, 6.45) is 1.04. The van der Waals surface area contributed by atoms with Gasteiger partial charge in [0, 0.05) is 18.0 Å². The van der Waals surface area contributed by atoms with Gasteiger partial charge in [0.1, 0.15) is 0 Å². The molecule has 2 heterocycles. The predicted octanol–water partition coefficient (Wildman–Crippen LogP) is 2.47. The molecule has 2 N–H and O–H groups in total. The van der Waals surface area contributed by atoms with Crippen molar-refractivity contribution in [1.82, 2.24) is 4.90 Å². The van der Waals surface area contributed by atoms with Gasteiger partial charge in [-0.25, -0.2) is 4.79 Å². The molecule has 5 nitrogen and oxygen atoms in total. The Hall–Kier alpha value is -1.56. The smallest absolute Gasteiger partial charge is 0.322 e. The van der Waals surface area contributed by atoms with Crippen LogP contribution in [0.3, 0.4) is 0 Å². The number of hydrogen-bond donors (Lipinski definition) is 2. The quantitative estimate of drug-likeness (QED) is 0.865. The van der Waals surface area contributed by atoms with Crippen LogP contribution >= 0.6 is 11.3 Å². The average Bonchev–Trinajstić information content (AvgIpc) is 2.81. The van der Waals surface area contributed by atoms with E-state index < -0.39 is 5.97 Å². The summed E-state index contributed by atoms with van der Waals surface area (Å²) in [7, 11) is 0. The van der Waals surface area contributed by atoms with Gasteiger partial charge in [0.05, 0.1) is 11.6 Å². The van der Waals surface area contributed by atoms with Crippen molar-refractivity contribution < 1.29 is 14.7 Å². The van der Waals surface area contributed by atoms with Gasteiger partial charge in [-0.3, -0.25) is 4.79 Å². The van der Waals surface area contributed by atoms with Gasteiger partial charge in [0.25, 0.3) is 0 Å². The molecule has 0 radical (unpaired) electrons. The van der Waals surface area contributed by atoms with Crippen molar-refractivity contribution in [2.45, 2.75) is 25.8 Å². The van der Waals surface area contributed by atoms with Crippen LogP contribution in [0.4, 0.5) is 10.5 Å². The van der Waals surface area contributed by atoms with E-state index in [0.29, 0.717) is 19.4 Å². The Balaban J connectivity index is 1.94. The normalized spacial score (nSPS) is 23.7. The van der Waals surface area contributed by atoms with E-state index in [1.54, 1.807) is 4.90 Å². The Morgan fingerprint density at radius 1 is 1.56 bits per heavy atom. The Kier molecular flexibility index (Phi) is 3.86. The van der Waals surface area contributed by atoms with Crippen LogP contribution in [-0.4, -0.2) is 34.6 Å². The number of anilines is 1. The molecule has 1 aliphatic rings. The van der Waals surface area contributed by atoms with Crippen LogP contribution in [-0.2, 0) is 4.79 Å². The summed E-state index contributed by atoms with van der Waals surface area (Å²) in [4.78, 5) is 24.6. The summed E-state index contributed by atoms with van der Waals surface area (Å²) in [6, 6.07) is 1.65. The van der Waals surface area contributed by atoms with Crippen LogP contribution in [0.5, 0.6) is 0 Å². The van der Waals surface area contributed by atoms with E-state index in [9.17, 15) is 9.59 Å². The third kappa shape index (κ3) is 2.81. The first-order valence-corrected chi connectivity index (χ1v) is 6.85. The van der Waals surface area contributed by atoms with Crippen molar-refractivity contribution in [3.63, 3.8) is 0 Å². The number of aliphatic carboxylic acids is 1. The maximum absolute atomic E-state index is 12.0. The fourth-order valence-corrected chi connectivity index (χ4v) is 2.82. The van der Waals surface area contributed by atoms with Gasteiger partial charge in [-0.05, 0) is 31.2 Å². The highest BCUT2D eigenvalue weighted by Gasteiger charge is 2.32. The van der Waals surface area contributed by atoms with Crippen molar-refractivity contribution in [2.75, 3.05) is 11.9 Å². The van der Waals surface area contributed by atoms with Crippen LogP contribution < -0.4 is 5.32 Å². The molecular formula is C12H16N2O3S. The van der Waals surface area contributed by atoms with Gasteiger partial charge in [-0.1, -0.05) is 0 Å². The molecule has 0 spiro atoms. The van der Waals surface area contributed by atoms with E-state index in [1.807, 2.05) is 23.8 Å². The van der Waals surface area contributed by atoms with Gasteiger partial charge in [-0.2, -0.15) is 11.3 Å². The molecule has 2 atom stereocenters. The Labute approximate surface area is 109 Å². The monoisotopic (exact) mass is 268 g/mol. The molecule has 1 aromatic rings. The lowest BCUT2D eigenvalue weighted by molar-refractivity contribution is -0.143. The third-order valence-corrected chi connectivity index (χ3v) is 3.94. The zero-order chi connectivity index (χ0) is 13.1. The maximum atomic E-state index is 12.0. The SMILES string of the molecule is CC1CC(C(=O)O)CCN1C(=O)Nc1ccsc1. The van der Waals surface area contributed by atoms with E-state index in [2.05, 4.69) is 5.32 Å². The number of carboxylic acid groups (broad SMARTS) is 1. The van der Waals surface area contributed by atoms with Crippen molar-refractivity contribution >= 4 is 29.0 Å². The van der Waals surface area contributed by atoms with Gasteiger partial charge in [-0.15, -0.1) is 0 Å². The van der Waals surface area contributed by atoms with E-state index in [1.165, 1.54) is 11.3 Å². The largest absolute Gasteiger partial charge is 0.481 e. The molecule has 0 aliphatic carbocycles. The van der Waals surface area contributed by atoms with Crippen LogP contribution in [0.15, 0.2) is 16.8 Å². The van der Waals surface area contributed by atoms with Crippen LogP contribution in [0.1, 0.15) is 19.8 Å². The number of thiophene rings is 1. The first kappa shape index (κ1) is 12.9. The van der Waals surface area contributed by atoms with E-state index in [0.717, 1.165) is 5.69 Å². The highest BCUT2D eigenvalue weighted by atomic mass is 32.1. The van der Waals surface area contributed by atoms with Gasteiger partial charge >= 0.3 is 12.0 Å². The lowest BCUT2D eigenvalue weighted by atomic mass is 9.92. The number of nitrogens with one attached hydrogen (secondary N) is 1. The number of nitrogens with zero attached hydrogens (tertiary/aromatic N) is 1. The van der Waals surface area contributed by atoms with Crippen molar-refractivity contribution in [3.8, 4) is 0 Å². The molecule has 2 amide bonds. The molecule has 0 aromatic carbocycles. The first-order valence-electron chi connectivity index (χ1n) is 5.90. The molecule has 2 rings (SSSR count). The zero-order valence-electron chi connectivity index (χ0n) is 10.1. The van der Waals surface area contributed by atoms with E-state index >= 15 is 0 Å². The number of likely N-dealkylation sites (tertiary alicyclic amines) is 1. The molecular weight excluding hydrogens is 252 g/mol.